The van der Waals surface area contributed by atoms with Gasteiger partial charge in [0, 0.05) is 11.2 Å². The maximum atomic E-state index is 3.99. The normalized spacial score (nSPS) is 24.9. The Labute approximate surface area is 117 Å². The molecule has 1 saturated carbocycles. The molecule has 1 aliphatic carbocycles. The van der Waals surface area contributed by atoms with Crippen molar-refractivity contribution in [1.29, 1.82) is 0 Å². The Hall–Kier alpha value is -0.980. The predicted octanol–water partition coefficient (Wildman–Crippen LogP) is 5.18. The number of benzene rings is 1. The molecule has 0 bridgehead atoms. The molecule has 1 unspecified atom stereocenters. The standard InChI is InChI=1S/C18H27N/c1-4-15-9-8-13(2)17-16(15)14(3)12-18(19-17)10-6-5-7-11-18/h8-9,14,19H,4-7,10-12H2,1-3H3. The van der Waals surface area contributed by atoms with Crippen molar-refractivity contribution >= 4 is 5.69 Å². The van der Waals surface area contributed by atoms with Crippen LogP contribution in [-0.4, -0.2) is 5.54 Å². The van der Waals surface area contributed by atoms with Gasteiger partial charge in [0.2, 0.25) is 0 Å². The largest absolute Gasteiger partial charge is 0.379 e. The molecule has 0 aromatic heterocycles. The fourth-order valence-corrected chi connectivity index (χ4v) is 4.37. The van der Waals surface area contributed by atoms with E-state index in [0.29, 0.717) is 11.5 Å². The third-order valence-corrected chi connectivity index (χ3v) is 5.32. The van der Waals surface area contributed by atoms with Crippen LogP contribution in [0, 0.1) is 6.92 Å². The molecule has 1 aromatic carbocycles. The van der Waals surface area contributed by atoms with Crippen LogP contribution >= 0.6 is 0 Å². The summed E-state index contributed by atoms with van der Waals surface area (Å²) in [5.74, 6) is 0.712. The first kappa shape index (κ1) is 13.0. The van der Waals surface area contributed by atoms with Crippen molar-refractivity contribution in [3.8, 4) is 0 Å². The second kappa shape index (κ2) is 4.85. The van der Waals surface area contributed by atoms with E-state index in [9.17, 15) is 0 Å². The average molecular weight is 257 g/mol. The zero-order valence-electron chi connectivity index (χ0n) is 12.7. The smallest absolute Gasteiger partial charge is 0.0412 e. The van der Waals surface area contributed by atoms with Gasteiger partial charge in [0.05, 0.1) is 0 Å². The second-order valence-electron chi connectivity index (χ2n) is 6.75. The van der Waals surface area contributed by atoms with Gasteiger partial charge in [0.15, 0.2) is 0 Å². The van der Waals surface area contributed by atoms with Crippen LogP contribution in [-0.2, 0) is 6.42 Å². The lowest BCUT2D eigenvalue weighted by molar-refractivity contribution is 0.281. The Morgan fingerprint density at radius 1 is 1.21 bits per heavy atom. The maximum absolute atomic E-state index is 3.99. The molecule has 3 rings (SSSR count). The van der Waals surface area contributed by atoms with E-state index in [0.717, 1.165) is 6.42 Å². The maximum Gasteiger partial charge on any atom is 0.0412 e. The highest BCUT2D eigenvalue weighted by molar-refractivity contribution is 5.65. The molecular formula is C18H27N. The molecule has 2 aliphatic rings. The van der Waals surface area contributed by atoms with Crippen molar-refractivity contribution in [3.05, 3.63) is 28.8 Å². The predicted molar refractivity (Wildman–Crippen MR) is 83.0 cm³/mol. The topological polar surface area (TPSA) is 12.0 Å². The number of anilines is 1. The molecular weight excluding hydrogens is 230 g/mol. The Kier molecular flexibility index (Phi) is 3.32. The Morgan fingerprint density at radius 2 is 1.95 bits per heavy atom. The fourth-order valence-electron chi connectivity index (χ4n) is 4.37. The molecule has 1 N–H and O–H groups in total. The SMILES string of the molecule is CCc1ccc(C)c2c1C(C)CC1(CCCCC1)N2. The third-order valence-electron chi connectivity index (χ3n) is 5.32. The van der Waals surface area contributed by atoms with Gasteiger partial charge in [-0.05, 0) is 55.2 Å². The van der Waals surface area contributed by atoms with Gasteiger partial charge in [-0.25, -0.2) is 0 Å². The molecule has 19 heavy (non-hydrogen) atoms. The van der Waals surface area contributed by atoms with Crippen LogP contribution < -0.4 is 5.32 Å². The molecule has 1 atom stereocenters. The van der Waals surface area contributed by atoms with Gasteiger partial charge in [-0.1, -0.05) is 45.2 Å². The first-order chi connectivity index (χ1) is 9.15. The van der Waals surface area contributed by atoms with Crippen molar-refractivity contribution in [1.82, 2.24) is 0 Å². The van der Waals surface area contributed by atoms with E-state index < -0.39 is 0 Å². The Balaban J connectivity index is 2.03. The van der Waals surface area contributed by atoms with Crippen LogP contribution in [0.15, 0.2) is 12.1 Å². The minimum atomic E-state index is 0.405. The number of aryl methyl sites for hydroxylation is 2. The van der Waals surface area contributed by atoms with E-state index in [2.05, 4.69) is 38.2 Å². The van der Waals surface area contributed by atoms with Gasteiger partial charge < -0.3 is 5.32 Å². The number of rotatable bonds is 1. The zero-order valence-corrected chi connectivity index (χ0v) is 12.7. The number of hydrogen-bond donors (Lipinski definition) is 1. The molecule has 0 radical (unpaired) electrons. The van der Waals surface area contributed by atoms with Crippen LogP contribution in [0.3, 0.4) is 0 Å². The minimum Gasteiger partial charge on any atom is -0.379 e. The van der Waals surface area contributed by atoms with Crippen LogP contribution in [0.4, 0.5) is 5.69 Å². The van der Waals surface area contributed by atoms with Crippen LogP contribution in [0.25, 0.3) is 0 Å². The summed E-state index contributed by atoms with van der Waals surface area (Å²) in [5.41, 5.74) is 6.47. The molecule has 1 aliphatic heterocycles. The molecule has 1 nitrogen and oxygen atoms in total. The first-order valence-corrected chi connectivity index (χ1v) is 8.06. The van der Waals surface area contributed by atoms with E-state index >= 15 is 0 Å². The van der Waals surface area contributed by atoms with Gasteiger partial charge in [-0.3, -0.25) is 0 Å². The zero-order chi connectivity index (χ0) is 13.5. The number of hydrogen-bond acceptors (Lipinski definition) is 1. The molecule has 0 amide bonds. The van der Waals surface area contributed by atoms with Crippen LogP contribution in [0.2, 0.25) is 0 Å². The summed E-state index contributed by atoms with van der Waals surface area (Å²) in [6, 6.07) is 4.64. The van der Waals surface area contributed by atoms with E-state index in [4.69, 9.17) is 0 Å². The Morgan fingerprint density at radius 3 is 2.63 bits per heavy atom. The summed E-state index contributed by atoms with van der Waals surface area (Å²) in [6.45, 7) is 6.98. The number of nitrogens with one attached hydrogen (secondary N) is 1. The quantitative estimate of drug-likeness (QED) is 0.731. The van der Waals surface area contributed by atoms with Gasteiger partial charge in [-0.15, -0.1) is 0 Å². The Bertz CT molecular complexity index is 469. The number of fused-ring (bicyclic) bond motifs is 1. The first-order valence-electron chi connectivity index (χ1n) is 8.06. The van der Waals surface area contributed by atoms with Gasteiger partial charge in [0.25, 0.3) is 0 Å². The summed E-state index contributed by atoms with van der Waals surface area (Å²) >= 11 is 0. The minimum absolute atomic E-state index is 0.405. The molecule has 1 heterocycles. The van der Waals surface area contributed by atoms with Gasteiger partial charge in [-0.2, -0.15) is 0 Å². The molecule has 1 spiro atoms. The van der Waals surface area contributed by atoms with E-state index in [1.807, 2.05) is 0 Å². The van der Waals surface area contributed by atoms with Gasteiger partial charge >= 0.3 is 0 Å². The van der Waals surface area contributed by atoms with Crippen molar-refractivity contribution in [3.63, 3.8) is 0 Å². The van der Waals surface area contributed by atoms with Crippen LogP contribution in [0.1, 0.15) is 75.0 Å². The highest BCUT2D eigenvalue weighted by Crippen LogP contribution is 2.47. The monoisotopic (exact) mass is 257 g/mol. The average Bonchev–Trinajstić information content (AvgIpc) is 2.41. The summed E-state index contributed by atoms with van der Waals surface area (Å²) in [5, 5.41) is 3.99. The molecule has 1 fully saturated rings. The summed E-state index contributed by atoms with van der Waals surface area (Å²) in [6.07, 6.45) is 9.46. The summed E-state index contributed by atoms with van der Waals surface area (Å²) in [7, 11) is 0. The second-order valence-corrected chi connectivity index (χ2v) is 6.75. The van der Waals surface area contributed by atoms with Crippen molar-refractivity contribution in [2.24, 2.45) is 0 Å². The molecule has 104 valence electrons. The highest BCUT2D eigenvalue weighted by atomic mass is 15.0. The molecule has 0 saturated heterocycles. The third kappa shape index (κ3) is 2.17. The molecule has 1 heteroatoms. The van der Waals surface area contributed by atoms with Crippen LogP contribution in [0.5, 0.6) is 0 Å². The van der Waals surface area contributed by atoms with E-state index in [1.165, 1.54) is 49.8 Å². The lowest BCUT2D eigenvalue weighted by Crippen LogP contribution is -2.44. The lowest BCUT2D eigenvalue weighted by atomic mass is 9.70. The van der Waals surface area contributed by atoms with E-state index in [1.54, 1.807) is 11.1 Å². The van der Waals surface area contributed by atoms with Crippen molar-refractivity contribution in [2.75, 3.05) is 5.32 Å². The summed E-state index contributed by atoms with van der Waals surface area (Å²) < 4.78 is 0. The van der Waals surface area contributed by atoms with Gasteiger partial charge in [0.1, 0.15) is 0 Å². The highest BCUT2D eigenvalue weighted by Gasteiger charge is 2.39. The fraction of sp³-hybridized carbons (Fsp3) is 0.667. The lowest BCUT2D eigenvalue weighted by Gasteiger charge is -2.46. The van der Waals surface area contributed by atoms with Crippen molar-refractivity contribution in [2.45, 2.75) is 77.2 Å². The van der Waals surface area contributed by atoms with E-state index in [-0.39, 0.29) is 0 Å². The van der Waals surface area contributed by atoms with Crippen molar-refractivity contribution < 1.29 is 0 Å². The molecule has 1 aromatic rings. The summed E-state index contributed by atoms with van der Waals surface area (Å²) in [4.78, 5) is 0.